The molecule has 0 bridgehead atoms. The number of nitrogen functional groups attached to an aromatic ring is 2. The number of benzene rings is 3. The predicted octanol–water partition coefficient (Wildman–Crippen LogP) is 4.77. The molecule has 0 spiro atoms. The monoisotopic (exact) mass is 486 g/mol. The molecule has 0 aliphatic carbocycles. The minimum absolute atomic E-state index is 0.0520. The molecule has 0 aliphatic heterocycles. The summed E-state index contributed by atoms with van der Waals surface area (Å²) in [5.74, 6) is -1.63. The maximum atomic E-state index is 12.2. The first kappa shape index (κ1) is 25.2. The van der Waals surface area contributed by atoms with E-state index in [1.54, 1.807) is 30.3 Å². The first-order valence-electron chi connectivity index (χ1n) is 10.3. The largest absolute Gasteiger partial charge is 0.573 e. The molecule has 0 heterocycles. The third-order valence-electron chi connectivity index (χ3n) is 4.61. The van der Waals surface area contributed by atoms with Crippen molar-refractivity contribution in [2.45, 2.75) is 12.8 Å². The van der Waals surface area contributed by atoms with Crippen LogP contribution in [0.25, 0.3) is 6.08 Å². The summed E-state index contributed by atoms with van der Waals surface area (Å²) in [6.45, 7) is 0.130. The van der Waals surface area contributed by atoms with E-state index in [9.17, 15) is 22.8 Å². The molecule has 10 heteroatoms. The van der Waals surface area contributed by atoms with Crippen LogP contribution >= 0.6 is 0 Å². The zero-order valence-electron chi connectivity index (χ0n) is 18.2. The number of anilines is 2. The Hall–Kier alpha value is -4.47. The summed E-state index contributed by atoms with van der Waals surface area (Å²) < 4.78 is 50.7. The lowest BCUT2D eigenvalue weighted by atomic mass is 10.1. The predicted molar refractivity (Wildman–Crippen MR) is 123 cm³/mol. The van der Waals surface area contributed by atoms with Crippen molar-refractivity contribution >= 4 is 29.4 Å². The Labute approximate surface area is 198 Å². The number of hydrogen-bond acceptors (Lipinski definition) is 7. The summed E-state index contributed by atoms with van der Waals surface area (Å²) in [6, 6.07) is 15.7. The fourth-order valence-electron chi connectivity index (χ4n) is 2.92. The number of rotatable bonds is 8. The Morgan fingerprint density at radius 1 is 0.886 bits per heavy atom. The first-order valence-corrected chi connectivity index (χ1v) is 10.3. The number of nitrogens with two attached hydrogens (primary N) is 2. The van der Waals surface area contributed by atoms with Crippen molar-refractivity contribution in [1.29, 1.82) is 0 Å². The van der Waals surface area contributed by atoms with Crippen molar-refractivity contribution in [2.24, 2.45) is 0 Å². The Morgan fingerprint density at radius 2 is 1.54 bits per heavy atom. The highest BCUT2D eigenvalue weighted by atomic mass is 19.4. The Balaban J connectivity index is 1.48. The van der Waals surface area contributed by atoms with Crippen molar-refractivity contribution < 1.29 is 37.0 Å². The molecule has 3 aromatic rings. The molecule has 7 nitrogen and oxygen atoms in total. The number of carbonyl (C=O) groups is 2. The standard InChI is InChI=1S/C25H21F3N2O5/c26-25(27,28)35-21-9-7-20(8-10-21)34-24(32)17-4-1-16(2-5-17)3-12-23(31)33-14-13-18-15-19(29)6-11-22(18)30/h1-12,15H,13-14,29-30H2/b12-3+. The summed E-state index contributed by atoms with van der Waals surface area (Å²) in [5, 5.41) is 0. The smallest absolute Gasteiger partial charge is 0.462 e. The number of hydrogen-bond donors (Lipinski definition) is 2. The maximum Gasteiger partial charge on any atom is 0.573 e. The van der Waals surface area contributed by atoms with Gasteiger partial charge >= 0.3 is 18.3 Å². The third kappa shape index (κ3) is 8.11. The number of carbonyl (C=O) groups excluding carboxylic acids is 2. The molecule has 0 atom stereocenters. The van der Waals surface area contributed by atoms with Crippen LogP contribution in [-0.4, -0.2) is 24.9 Å². The Kier molecular flexibility index (Phi) is 7.98. The molecule has 0 amide bonds. The summed E-state index contributed by atoms with van der Waals surface area (Å²) in [7, 11) is 0. The number of alkyl halides is 3. The zero-order valence-corrected chi connectivity index (χ0v) is 18.2. The quantitative estimate of drug-likeness (QED) is 0.204. The van der Waals surface area contributed by atoms with Gasteiger partial charge in [-0.3, -0.25) is 0 Å². The van der Waals surface area contributed by atoms with Crippen molar-refractivity contribution in [3.63, 3.8) is 0 Å². The second-order valence-electron chi connectivity index (χ2n) is 7.24. The van der Waals surface area contributed by atoms with E-state index < -0.39 is 24.1 Å². The van der Waals surface area contributed by atoms with Crippen molar-refractivity contribution in [2.75, 3.05) is 18.1 Å². The molecule has 182 valence electrons. The highest BCUT2D eigenvalue weighted by molar-refractivity contribution is 5.91. The third-order valence-corrected chi connectivity index (χ3v) is 4.61. The molecule has 0 aromatic heterocycles. The molecular formula is C25H21F3N2O5. The van der Waals surface area contributed by atoms with Crippen LogP contribution in [0.5, 0.6) is 11.5 Å². The molecule has 0 fully saturated rings. The lowest BCUT2D eigenvalue weighted by molar-refractivity contribution is -0.274. The van der Waals surface area contributed by atoms with Crippen LogP contribution < -0.4 is 20.9 Å². The van der Waals surface area contributed by atoms with Gasteiger partial charge in [-0.25, -0.2) is 9.59 Å². The topological polar surface area (TPSA) is 114 Å². The van der Waals surface area contributed by atoms with Crippen LogP contribution in [-0.2, 0) is 16.0 Å². The summed E-state index contributed by atoms with van der Waals surface area (Å²) in [4.78, 5) is 24.2. The lowest BCUT2D eigenvalue weighted by Gasteiger charge is -2.09. The van der Waals surface area contributed by atoms with Crippen molar-refractivity contribution in [1.82, 2.24) is 0 Å². The van der Waals surface area contributed by atoms with Crippen LogP contribution in [0.4, 0.5) is 24.5 Å². The van der Waals surface area contributed by atoms with E-state index in [1.807, 2.05) is 0 Å². The van der Waals surface area contributed by atoms with Gasteiger partial charge in [0.05, 0.1) is 12.2 Å². The highest BCUT2D eigenvalue weighted by Gasteiger charge is 2.31. The molecular weight excluding hydrogens is 465 g/mol. The fraction of sp³-hybridized carbons (Fsp3) is 0.120. The SMILES string of the molecule is Nc1ccc(N)c(CCOC(=O)/C=C/c2ccc(C(=O)Oc3ccc(OC(F)(F)F)cc3)cc2)c1. The number of halogens is 3. The second kappa shape index (κ2) is 11.1. The number of esters is 2. The molecule has 0 radical (unpaired) electrons. The molecule has 3 rings (SSSR count). The van der Waals surface area contributed by atoms with Gasteiger partial charge in [-0.05, 0) is 71.8 Å². The first-order chi connectivity index (χ1) is 16.6. The van der Waals surface area contributed by atoms with Crippen LogP contribution in [0.15, 0.2) is 72.8 Å². The average molecular weight is 486 g/mol. The maximum absolute atomic E-state index is 12.2. The summed E-state index contributed by atoms with van der Waals surface area (Å²) in [5.41, 5.74) is 14.3. The van der Waals surface area contributed by atoms with E-state index in [4.69, 9.17) is 20.9 Å². The lowest BCUT2D eigenvalue weighted by Crippen LogP contribution is -2.17. The molecule has 0 saturated carbocycles. The van der Waals surface area contributed by atoms with E-state index in [1.165, 1.54) is 36.4 Å². The van der Waals surface area contributed by atoms with Gasteiger partial charge in [-0.15, -0.1) is 13.2 Å². The number of ether oxygens (including phenoxy) is 3. The fourth-order valence-corrected chi connectivity index (χ4v) is 2.92. The van der Waals surface area contributed by atoms with Crippen molar-refractivity contribution in [3.8, 4) is 11.5 Å². The molecule has 4 N–H and O–H groups in total. The van der Waals surface area contributed by atoms with Gasteiger partial charge in [0, 0.05) is 23.9 Å². The van der Waals surface area contributed by atoms with E-state index in [0.29, 0.717) is 23.4 Å². The van der Waals surface area contributed by atoms with Gasteiger partial charge in [-0.1, -0.05) is 12.1 Å². The minimum Gasteiger partial charge on any atom is -0.462 e. The molecule has 0 saturated heterocycles. The van der Waals surface area contributed by atoms with Crippen LogP contribution in [0, 0.1) is 0 Å². The minimum atomic E-state index is -4.81. The Morgan fingerprint density at radius 3 is 2.20 bits per heavy atom. The van der Waals surface area contributed by atoms with E-state index in [-0.39, 0.29) is 17.9 Å². The van der Waals surface area contributed by atoms with Crippen LogP contribution in [0.1, 0.15) is 21.5 Å². The second-order valence-corrected chi connectivity index (χ2v) is 7.24. The van der Waals surface area contributed by atoms with E-state index in [2.05, 4.69) is 4.74 Å². The van der Waals surface area contributed by atoms with E-state index >= 15 is 0 Å². The molecule has 0 aliphatic rings. The normalized spacial score (nSPS) is 11.3. The van der Waals surface area contributed by atoms with E-state index in [0.717, 1.165) is 17.7 Å². The Bertz CT molecular complexity index is 1210. The van der Waals surface area contributed by atoms with Crippen LogP contribution in [0.3, 0.4) is 0 Å². The van der Waals surface area contributed by atoms with Gasteiger partial charge in [0.15, 0.2) is 0 Å². The van der Waals surface area contributed by atoms with Gasteiger partial charge in [0.1, 0.15) is 11.5 Å². The molecule has 35 heavy (non-hydrogen) atoms. The summed E-state index contributed by atoms with van der Waals surface area (Å²) >= 11 is 0. The molecule has 3 aromatic carbocycles. The summed E-state index contributed by atoms with van der Waals surface area (Å²) in [6.07, 6.45) is -1.62. The van der Waals surface area contributed by atoms with Crippen LogP contribution in [0.2, 0.25) is 0 Å². The van der Waals surface area contributed by atoms with Gasteiger partial charge in [-0.2, -0.15) is 0 Å². The highest BCUT2D eigenvalue weighted by Crippen LogP contribution is 2.25. The van der Waals surface area contributed by atoms with Gasteiger partial charge in [0.2, 0.25) is 0 Å². The molecule has 0 unspecified atom stereocenters. The van der Waals surface area contributed by atoms with Crippen molar-refractivity contribution in [3.05, 3.63) is 89.5 Å². The van der Waals surface area contributed by atoms with Gasteiger partial charge < -0.3 is 25.7 Å². The van der Waals surface area contributed by atoms with Gasteiger partial charge in [0.25, 0.3) is 0 Å². The zero-order chi connectivity index (χ0) is 25.4. The average Bonchev–Trinajstić information content (AvgIpc) is 2.80.